The Hall–Kier alpha value is -2.47. The van der Waals surface area contributed by atoms with Crippen LogP contribution in [0.1, 0.15) is 35.0 Å². The highest BCUT2D eigenvalue weighted by Crippen LogP contribution is 2.20. The molecule has 144 valence electrons. The van der Waals surface area contributed by atoms with Crippen molar-refractivity contribution in [3.05, 3.63) is 41.1 Å². The van der Waals surface area contributed by atoms with Gasteiger partial charge in [-0.1, -0.05) is 12.1 Å². The Kier molecular flexibility index (Phi) is 5.75. The van der Waals surface area contributed by atoms with Crippen molar-refractivity contribution >= 4 is 22.8 Å². The van der Waals surface area contributed by atoms with Gasteiger partial charge < -0.3 is 9.64 Å². The summed E-state index contributed by atoms with van der Waals surface area (Å²) in [5.74, 6) is -0.170. The first-order valence-electron chi connectivity index (χ1n) is 9.37. The number of aryl methyl sites for hydroxylation is 2. The SMILES string of the molecule is COC(=O)CC(C)N1CCN(C(=O)c2cc3ccc(C)cc3nc2C)CC1. The van der Waals surface area contributed by atoms with Crippen molar-refractivity contribution in [3.8, 4) is 0 Å². The number of fused-ring (bicyclic) bond motifs is 1. The van der Waals surface area contributed by atoms with E-state index in [4.69, 9.17) is 4.74 Å². The maximum atomic E-state index is 13.0. The number of esters is 1. The molecule has 1 aromatic heterocycles. The molecule has 0 spiro atoms. The molecule has 0 aliphatic carbocycles. The predicted molar refractivity (Wildman–Crippen MR) is 105 cm³/mol. The highest BCUT2D eigenvalue weighted by atomic mass is 16.5. The molecule has 6 heteroatoms. The quantitative estimate of drug-likeness (QED) is 0.775. The summed E-state index contributed by atoms with van der Waals surface area (Å²) in [6.07, 6.45) is 0.373. The molecule has 6 nitrogen and oxygen atoms in total. The van der Waals surface area contributed by atoms with Crippen LogP contribution in [0, 0.1) is 13.8 Å². The molecule has 1 aromatic carbocycles. The van der Waals surface area contributed by atoms with Crippen molar-refractivity contribution in [1.29, 1.82) is 0 Å². The minimum Gasteiger partial charge on any atom is -0.469 e. The molecular weight excluding hydrogens is 342 g/mol. The van der Waals surface area contributed by atoms with E-state index in [-0.39, 0.29) is 17.9 Å². The lowest BCUT2D eigenvalue weighted by molar-refractivity contribution is -0.142. The lowest BCUT2D eigenvalue weighted by atomic mass is 10.1. The lowest BCUT2D eigenvalue weighted by Crippen LogP contribution is -2.51. The average molecular weight is 369 g/mol. The molecule has 1 aliphatic rings. The highest BCUT2D eigenvalue weighted by Gasteiger charge is 2.27. The number of hydrogen-bond acceptors (Lipinski definition) is 5. The van der Waals surface area contributed by atoms with Crippen LogP contribution in [0.4, 0.5) is 0 Å². The normalized spacial score (nSPS) is 16.4. The zero-order chi connectivity index (χ0) is 19.6. The van der Waals surface area contributed by atoms with Crippen LogP contribution in [0.15, 0.2) is 24.3 Å². The van der Waals surface area contributed by atoms with E-state index in [1.54, 1.807) is 0 Å². The highest BCUT2D eigenvalue weighted by molar-refractivity contribution is 5.98. The van der Waals surface area contributed by atoms with Crippen molar-refractivity contribution < 1.29 is 14.3 Å². The number of aromatic nitrogens is 1. The number of carbonyl (C=O) groups is 2. The molecule has 1 amide bonds. The molecule has 0 radical (unpaired) electrons. The number of carbonyl (C=O) groups excluding carboxylic acids is 2. The Morgan fingerprint density at radius 2 is 1.85 bits per heavy atom. The van der Waals surface area contributed by atoms with Gasteiger partial charge in [-0.25, -0.2) is 0 Å². The van der Waals surface area contributed by atoms with Gasteiger partial charge in [-0.2, -0.15) is 0 Å². The predicted octanol–water partition coefficient (Wildman–Crippen LogP) is 2.56. The fourth-order valence-electron chi connectivity index (χ4n) is 3.58. The maximum Gasteiger partial charge on any atom is 0.307 e. The van der Waals surface area contributed by atoms with Crippen LogP contribution in [0.2, 0.25) is 0 Å². The smallest absolute Gasteiger partial charge is 0.307 e. The van der Waals surface area contributed by atoms with E-state index in [2.05, 4.69) is 9.88 Å². The van der Waals surface area contributed by atoms with Crippen molar-refractivity contribution in [1.82, 2.24) is 14.8 Å². The van der Waals surface area contributed by atoms with Gasteiger partial charge >= 0.3 is 5.97 Å². The van der Waals surface area contributed by atoms with Crippen molar-refractivity contribution in [3.63, 3.8) is 0 Å². The summed E-state index contributed by atoms with van der Waals surface area (Å²) >= 11 is 0. The van der Waals surface area contributed by atoms with E-state index in [9.17, 15) is 9.59 Å². The second-order valence-corrected chi connectivity index (χ2v) is 7.27. The Morgan fingerprint density at radius 3 is 2.52 bits per heavy atom. The van der Waals surface area contributed by atoms with E-state index >= 15 is 0 Å². The number of ether oxygens (including phenoxy) is 1. The van der Waals surface area contributed by atoms with Crippen molar-refractivity contribution in [2.45, 2.75) is 33.2 Å². The summed E-state index contributed by atoms with van der Waals surface area (Å²) in [6.45, 7) is 8.76. The fraction of sp³-hybridized carbons (Fsp3) is 0.476. The molecule has 2 aromatic rings. The summed E-state index contributed by atoms with van der Waals surface area (Å²) < 4.78 is 4.75. The molecule has 2 heterocycles. The molecule has 27 heavy (non-hydrogen) atoms. The third-order valence-corrected chi connectivity index (χ3v) is 5.31. The van der Waals surface area contributed by atoms with Crippen LogP contribution in [0.25, 0.3) is 10.9 Å². The molecule has 0 N–H and O–H groups in total. The molecule has 3 rings (SSSR count). The third-order valence-electron chi connectivity index (χ3n) is 5.31. The standard InChI is InChI=1S/C21H27N3O3/c1-14-5-6-17-13-18(16(3)22-19(17)11-14)21(26)24-9-7-23(8-10-24)15(2)12-20(25)27-4/h5-6,11,13,15H,7-10,12H2,1-4H3. The monoisotopic (exact) mass is 369 g/mol. The topological polar surface area (TPSA) is 62.7 Å². The van der Waals surface area contributed by atoms with Crippen LogP contribution >= 0.6 is 0 Å². The van der Waals surface area contributed by atoms with E-state index in [0.717, 1.165) is 35.2 Å². The Morgan fingerprint density at radius 1 is 1.15 bits per heavy atom. The Labute approximate surface area is 160 Å². The second-order valence-electron chi connectivity index (χ2n) is 7.27. The molecule has 1 saturated heterocycles. The molecule has 1 aliphatic heterocycles. The molecule has 1 fully saturated rings. The molecule has 1 unspecified atom stereocenters. The molecular formula is C21H27N3O3. The van der Waals surface area contributed by atoms with E-state index < -0.39 is 0 Å². The van der Waals surface area contributed by atoms with Gasteiger partial charge in [0.15, 0.2) is 0 Å². The number of amides is 1. The van der Waals surface area contributed by atoms with Gasteiger partial charge in [-0.15, -0.1) is 0 Å². The van der Waals surface area contributed by atoms with Crippen LogP contribution in [0.3, 0.4) is 0 Å². The van der Waals surface area contributed by atoms with Gasteiger partial charge in [0.05, 0.1) is 30.3 Å². The molecule has 0 bridgehead atoms. The largest absolute Gasteiger partial charge is 0.469 e. The number of hydrogen-bond donors (Lipinski definition) is 0. The average Bonchev–Trinajstić information content (AvgIpc) is 2.66. The van der Waals surface area contributed by atoms with Crippen LogP contribution < -0.4 is 0 Å². The number of rotatable bonds is 4. The fourth-order valence-corrected chi connectivity index (χ4v) is 3.58. The maximum absolute atomic E-state index is 13.0. The van der Waals surface area contributed by atoms with Gasteiger partial charge in [0.2, 0.25) is 0 Å². The van der Waals surface area contributed by atoms with Crippen LogP contribution in [-0.4, -0.2) is 66.0 Å². The summed E-state index contributed by atoms with van der Waals surface area (Å²) in [6, 6.07) is 8.15. The molecule has 1 atom stereocenters. The number of piperazine rings is 1. The van der Waals surface area contributed by atoms with Gasteiger partial charge in [0, 0.05) is 37.6 Å². The number of nitrogens with zero attached hydrogens (tertiary/aromatic N) is 3. The van der Waals surface area contributed by atoms with Gasteiger partial charge in [0.1, 0.15) is 0 Å². The first kappa shape index (κ1) is 19.3. The lowest BCUT2D eigenvalue weighted by Gasteiger charge is -2.37. The molecule has 0 saturated carbocycles. The first-order chi connectivity index (χ1) is 12.9. The van der Waals surface area contributed by atoms with Crippen LogP contribution in [0.5, 0.6) is 0 Å². The Balaban J connectivity index is 1.69. The summed E-state index contributed by atoms with van der Waals surface area (Å²) in [5, 5.41) is 0.986. The summed E-state index contributed by atoms with van der Waals surface area (Å²) in [5.41, 5.74) is 3.51. The van der Waals surface area contributed by atoms with E-state index in [1.807, 2.05) is 49.9 Å². The second kappa shape index (κ2) is 8.05. The zero-order valence-electron chi connectivity index (χ0n) is 16.5. The number of benzene rings is 1. The van der Waals surface area contributed by atoms with Gasteiger partial charge in [0.25, 0.3) is 5.91 Å². The van der Waals surface area contributed by atoms with Crippen molar-refractivity contribution in [2.24, 2.45) is 0 Å². The van der Waals surface area contributed by atoms with E-state index in [1.165, 1.54) is 7.11 Å². The van der Waals surface area contributed by atoms with Crippen molar-refractivity contribution in [2.75, 3.05) is 33.3 Å². The minimum atomic E-state index is -0.200. The van der Waals surface area contributed by atoms with Crippen LogP contribution in [-0.2, 0) is 9.53 Å². The summed E-state index contributed by atoms with van der Waals surface area (Å²) in [7, 11) is 1.41. The number of pyridine rings is 1. The zero-order valence-corrected chi connectivity index (χ0v) is 16.5. The summed E-state index contributed by atoms with van der Waals surface area (Å²) in [4.78, 5) is 33.2. The van der Waals surface area contributed by atoms with Gasteiger partial charge in [-0.3, -0.25) is 19.5 Å². The third kappa shape index (κ3) is 4.27. The Bertz CT molecular complexity index is 857. The van der Waals surface area contributed by atoms with E-state index in [0.29, 0.717) is 25.1 Å². The minimum absolute atomic E-state index is 0.0303. The van der Waals surface area contributed by atoms with Gasteiger partial charge in [-0.05, 0) is 38.5 Å². The number of methoxy groups -OCH3 is 1. The first-order valence-corrected chi connectivity index (χ1v) is 9.37.